The molecule has 31 heavy (non-hydrogen) atoms. The number of carbonyl (C=O) groups is 1. The minimum Gasteiger partial charge on any atom is -0.488 e. The van der Waals surface area contributed by atoms with Crippen LogP contribution < -0.4 is 4.74 Å². The van der Waals surface area contributed by atoms with Gasteiger partial charge in [0.1, 0.15) is 12.4 Å². The van der Waals surface area contributed by atoms with Crippen molar-refractivity contribution in [2.24, 2.45) is 0 Å². The molecule has 0 atom stereocenters. The molecule has 0 aliphatic heterocycles. The summed E-state index contributed by atoms with van der Waals surface area (Å²) in [5.41, 5.74) is 4.23. The number of halogens is 2. The summed E-state index contributed by atoms with van der Waals surface area (Å²) in [7, 11) is 0. The zero-order valence-electron chi connectivity index (χ0n) is 16.7. The first kappa shape index (κ1) is 21.0. The topological polar surface area (TPSA) is 51.5 Å². The lowest BCUT2D eigenvalue weighted by Gasteiger charge is -2.16. The second-order valence-electron chi connectivity index (χ2n) is 7.07. The van der Waals surface area contributed by atoms with Crippen LogP contribution in [0.25, 0.3) is 16.9 Å². The van der Waals surface area contributed by atoms with Crippen LogP contribution in [0.4, 0.5) is 0 Å². The van der Waals surface area contributed by atoms with Gasteiger partial charge in [0.05, 0.1) is 16.3 Å². The number of carboxylic acids is 1. The highest BCUT2D eigenvalue weighted by Gasteiger charge is 2.19. The van der Waals surface area contributed by atoms with Gasteiger partial charge >= 0.3 is 5.97 Å². The number of hydrogen-bond donors (Lipinski definition) is 1. The van der Waals surface area contributed by atoms with Gasteiger partial charge in [-0.2, -0.15) is 0 Å². The summed E-state index contributed by atoms with van der Waals surface area (Å²) in [6, 6.07) is 23.9. The Balaban J connectivity index is 1.82. The number of hydrogen-bond acceptors (Lipinski definition) is 2. The van der Waals surface area contributed by atoms with E-state index >= 15 is 0 Å². The van der Waals surface area contributed by atoms with Crippen LogP contribution in [0.1, 0.15) is 21.6 Å². The predicted octanol–water partition coefficient (Wildman–Crippen LogP) is 7.04. The molecule has 4 aromatic rings. The van der Waals surface area contributed by atoms with Crippen LogP contribution in [0.15, 0.2) is 78.9 Å². The van der Waals surface area contributed by atoms with Crippen molar-refractivity contribution in [2.45, 2.75) is 13.5 Å². The minimum absolute atomic E-state index is 0.194. The maximum atomic E-state index is 11.5. The van der Waals surface area contributed by atoms with E-state index in [0.29, 0.717) is 28.1 Å². The Labute approximate surface area is 190 Å². The molecule has 0 radical (unpaired) electrons. The first-order chi connectivity index (χ1) is 14.9. The molecule has 0 fully saturated rings. The lowest BCUT2D eigenvalue weighted by atomic mass is 10.1. The quantitative estimate of drug-likeness (QED) is 0.342. The predicted molar refractivity (Wildman–Crippen MR) is 124 cm³/mol. The molecular formula is C25H19Cl2NO3. The molecule has 0 amide bonds. The summed E-state index contributed by atoms with van der Waals surface area (Å²) in [5, 5.41) is 10.5. The molecule has 3 aromatic carbocycles. The minimum atomic E-state index is -0.992. The van der Waals surface area contributed by atoms with E-state index in [0.717, 1.165) is 22.5 Å². The molecule has 0 unspecified atom stereocenters. The largest absolute Gasteiger partial charge is 0.488 e. The van der Waals surface area contributed by atoms with Crippen molar-refractivity contribution < 1.29 is 14.6 Å². The molecule has 0 aliphatic carbocycles. The molecule has 1 aromatic heterocycles. The van der Waals surface area contributed by atoms with Crippen molar-refractivity contribution in [2.75, 3.05) is 0 Å². The molecule has 0 saturated heterocycles. The molecular weight excluding hydrogens is 433 g/mol. The zero-order chi connectivity index (χ0) is 22.0. The van der Waals surface area contributed by atoms with Gasteiger partial charge < -0.3 is 14.4 Å². The summed E-state index contributed by atoms with van der Waals surface area (Å²) >= 11 is 12.8. The Bertz CT molecular complexity index is 1250. The molecule has 4 nitrogen and oxygen atoms in total. The van der Waals surface area contributed by atoms with E-state index in [4.69, 9.17) is 27.9 Å². The van der Waals surface area contributed by atoms with Gasteiger partial charge in [-0.15, -0.1) is 0 Å². The zero-order valence-corrected chi connectivity index (χ0v) is 18.2. The summed E-state index contributed by atoms with van der Waals surface area (Å²) in [6.07, 6.45) is 0. The molecule has 0 saturated carbocycles. The second-order valence-corrected chi connectivity index (χ2v) is 7.91. The first-order valence-corrected chi connectivity index (χ1v) is 10.4. The number of ether oxygens (including phenoxy) is 1. The van der Waals surface area contributed by atoms with Gasteiger partial charge in [-0.3, -0.25) is 0 Å². The molecule has 1 heterocycles. The van der Waals surface area contributed by atoms with Crippen LogP contribution >= 0.6 is 23.2 Å². The number of rotatable bonds is 6. The van der Waals surface area contributed by atoms with E-state index in [2.05, 4.69) is 0 Å². The van der Waals surface area contributed by atoms with Crippen molar-refractivity contribution in [1.82, 2.24) is 4.57 Å². The number of aromatic nitrogens is 1. The molecule has 6 heteroatoms. The van der Waals surface area contributed by atoms with Gasteiger partial charge in [-0.1, -0.05) is 59.6 Å². The molecule has 156 valence electrons. The highest BCUT2D eigenvalue weighted by atomic mass is 35.5. The summed E-state index contributed by atoms with van der Waals surface area (Å²) in [6.45, 7) is 2.28. The Morgan fingerprint density at radius 1 is 0.968 bits per heavy atom. The van der Waals surface area contributed by atoms with Crippen LogP contribution in [0.3, 0.4) is 0 Å². The van der Waals surface area contributed by atoms with Crippen LogP contribution in [-0.4, -0.2) is 15.6 Å². The van der Waals surface area contributed by atoms with Gasteiger partial charge in [0.25, 0.3) is 0 Å². The average Bonchev–Trinajstić information content (AvgIpc) is 3.08. The molecule has 0 spiro atoms. The highest BCUT2D eigenvalue weighted by molar-refractivity contribution is 6.32. The SMILES string of the molecule is Cc1c(Cl)cc(-c2cc(Cl)ccc2OCc2ccccc2)n1-c1cccc(C(=O)O)c1. The van der Waals surface area contributed by atoms with E-state index in [1.54, 1.807) is 24.3 Å². The fourth-order valence-corrected chi connectivity index (χ4v) is 3.81. The Morgan fingerprint density at radius 2 is 1.74 bits per heavy atom. The molecule has 0 bridgehead atoms. The fourth-order valence-electron chi connectivity index (χ4n) is 3.45. The summed E-state index contributed by atoms with van der Waals surface area (Å²) < 4.78 is 8.04. The Morgan fingerprint density at radius 3 is 2.48 bits per heavy atom. The van der Waals surface area contributed by atoms with E-state index in [1.807, 2.05) is 66.1 Å². The maximum Gasteiger partial charge on any atom is 0.335 e. The molecule has 1 N–H and O–H groups in total. The standard InChI is InChI=1S/C25H19Cl2NO3/c1-16-22(27)14-23(28(16)20-9-5-8-18(12-20)25(29)30)21-13-19(26)10-11-24(21)31-15-17-6-3-2-4-7-17/h2-14H,15H2,1H3,(H,29,30). The monoisotopic (exact) mass is 451 g/mol. The third kappa shape index (κ3) is 4.46. The lowest BCUT2D eigenvalue weighted by Crippen LogP contribution is -2.04. The maximum absolute atomic E-state index is 11.5. The highest BCUT2D eigenvalue weighted by Crippen LogP contribution is 2.38. The summed E-state index contributed by atoms with van der Waals surface area (Å²) in [5.74, 6) is -0.341. The Kier molecular flexibility index (Phi) is 6.03. The van der Waals surface area contributed by atoms with E-state index in [1.165, 1.54) is 0 Å². The van der Waals surface area contributed by atoms with E-state index in [-0.39, 0.29) is 5.56 Å². The lowest BCUT2D eigenvalue weighted by molar-refractivity contribution is 0.0697. The van der Waals surface area contributed by atoms with Crippen molar-refractivity contribution in [3.8, 4) is 22.7 Å². The van der Waals surface area contributed by atoms with Gasteiger partial charge in [-0.05, 0) is 55.0 Å². The van der Waals surface area contributed by atoms with Crippen molar-refractivity contribution in [3.63, 3.8) is 0 Å². The van der Waals surface area contributed by atoms with Crippen LogP contribution in [0, 0.1) is 6.92 Å². The third-order valence-corrected chi connectivity index (χ3v) is 5.61. The third-order valence-electron chi connectivity index (χ3n) is 4.99. The smallest absolute Gasteiger partial charge is 0.335 e. The second kappa shape index (κ2) is 8.88. The van der Waals surface area contributed by atoms with Gasteiger partial charge in [0, 0.05) is 22.0 Å². The summed E-state index contributed by atoms with van der Waals surface area (Å²) in [4.78, 5) is 11.5. The van der Waals surface area contributed by atoms with Crippen LogP contribution in [0.2, 0.25) is 10.0 Å². The van der Waals surface area contributed by atoms with Crippen LogP contribution in [0.5, 0.6) is 5.75 Å². The fraction of sp³-hybridized carbons (Fsp3) is 0.0800. The van der Waals surface area contributed by atoms with Gasteiger partial charge in [0.2, 0.25) is 0 Å². The first-order valence-electron chi connectivity index (χ1n) is 9.62. The van der Waals surface area contributed by atoms with Crippen LogP contribution in [-0.2, 0) is 6.61 Å². The van der Waals surface area contributed by atoms with E-state index in [9.17, 15) is 9.90 Å². The molecule has 4 rings (SSSR count). The van der Waals surface area contributed by atoms with Gasteiger partial charge in [-0.25, -0.2) is 4.79 Å². The van der Waals surface area contributed by atoms with Crippen molar-refractivity contribution in [3.05, 3.63) is 106 Å². The number of benzene rings is 3. The number of carboxylic acid groups (broad SMARTS) is 1. The van der Waals surface area contributed by atoms with Crippen molar-refractivity contribution in [1.29, 1.82) is 0 Å². The van der Waals surface area contributed by atoms with E-state index < -0.39 is 5.97 Å². The number of aromatic carboxylic acids is 1. The van der Waals surface area contributed by atoms with Crippen molar-refractivity contribution >= 4 is 29.2 Å². The Hall–Kier alpha value is -3.21. The van der Waals surface area contributed by atoms with Gasteiger partial charge in [0.15, 0.2) is 0 Å². The average molecular weight is 452 g/mol. The molecule has 0 aliphatic rings. The number of nitrogens with zero attached hydrogens (tertiary/aromatic N) is 1. The normalized spacial score (nSPS) is 10.8.